The number of hydrogen-bond donors (Lipinski definition) is 1. The highest BCUT2D eigenvalue weighted by molar-refractivity contribution is 5.86. The molecular formula is C14H15FO3. The number of benzene rings is 1. The van der Waals surface area contributed by atoms with E-state index in [1.165, 1.54) is 12.1 Å². The van der Waals surface area contributed by atoms with Crippen molar-refractivity contribution in [2.45, 2.75) is 31.7 Å². The fourth-order valence-corrected chi connectivity index (χ4v) is 1.99. The summed E-state index contributed by atoms with van der Waals surface area (Å²) >= 11 is 0. The largest absolute Gasteiger partial charge is 0.460 e. The molecule has 2 atom stereocenters. The van der Waals surface area contributed by atoms with E-state index < -0.39 is 23.8 Å². The van der Waals surface area contributed by atoms with Crippen LogP contribution in [0.2, 0.25) is 0 Å². The molecule has 96 valence electrons. The van der Waals surface area contributed by atoms with E-state index >= 15 is 0 Å². The van der Waals surface area contributed by atoms with Crippen LogP contribution in [0.4, 0.5) is 4.39 Å². The van der Waals surface area contributed by atoms with Crippen molar-refractivity contribution in [3.63, 3.8) is 0 Å². The molecule has 0 fully saturated rings. The van der Waals surface area contributed by atoms with Crippen molar-refractivity contribution in [1.82, 2.24) is 0 Å². The quantitative estimate of drug-likeness (QED) is 0.818. The van der Waals surface area contributed by atoms with Gasteiger partial charge in [-0.25, -0.2) is 9.18 Å². The predicted molar refractivity (Wildman–Crippen MR) is 65.5 cm³/mol. The van der Waals surface area contributed by atoms with Gasteiger partial charge in [0.25, 0.3) is 5.67 Å². The van der Waals surface area contributed by atoms with E-state index in [1.54, 1.807) is 38.1 Å². The number of hydrogen-bond acceptors (Lipinski definition) is 3. The van der Waals surface area contributed by atoms with E-state index in [2.05, 4.69) is 0 Å². The summed E-state index contributed by atoms with van der Waals surface area (Å²) in [5, 5.41) is 9.80. The number of ether oxygens (including phenoxy) is 1. The maximum Gasteiger partial charge on any atom is 0.352 e. The Morgan fingerprint density at radius 2 is 2.11 bits per heavy atom. The lowest BCUT2D eigenvalue weighted by molar-refractivity contribution is -0.169. The van der Waals surface area contributed by atoms with Crippen LogP contribution in [0.1, 0.15) is 25.0 Å². The molecule has 2 rings (SSSR count). The summed E-state index contributed by atoms with van der Waals surface area (Å²) in [5.41, 5.74) is -1.81. The van der Waals surface area contributed by atoms with Crippen molar-refractivity contribution in [3.05, 3.63) is 41.5 Å². The van der Waals surface area contributed by atoms with Gasteiger partial charge < -0.3 is 9.84 Å². The molecule has 1 aromatic rings. The first kappa shape index (κ1) is 12.8. The van der Waals surface area contributed by atoms with Crippen LogP contribution >= 0.6 is 0 Å². The zero-order chi connectivity index (χ0) is 13.3. The molecule has 1 N–H and O–H groups in total. The number of esters is 1. The SMILES string of the molecule is CC(C)OC(=O)C1(F)c2ccccc2C=CC1O. The number of carbonyl (C=O) groups excluding carboxylic acids is 1. The second-order valence-electron chi connectivity index (χ2n) is 4.56. The summed E-state index contributed by atoms with van der Waals surface area (Å²) in [6.07, 6.45) is 0.902. The van der Waals surface area contributed by atoms with Gasteiger partial charge in [0.1, 0.15) is 6.10 Å². The van der Waals surface area contributed by atoms with Gasteiger partial charge in [-0.3, -0.25) is 0 Å². The maximum atomic E-state index is 14.9. The third-order valence-electron chi connectivity index (χ3n) is 2.86. The van der Waals surface area contributed by atoms with Gasteiger partial charge in [-0.1, -0.05) is 36.4 Å². The number of aliphatic hydroxyl groups is 1. The Morgan fingerprint density at radius 1 is 1.44 bits per heavy atom. The van der Waals surface area contributed by atoms with E-state index in [9.17, 15) is 14.3 Å². The molecule has 0 bridgehead atoms. The van der Waals surface area contributed by atoms with Crippen LogP contribution in [-0.2, 0) is 15.2 Å². The summed E-state index contributed by atoms with van der Waals surface area (Å²) in [5.74, 6) is -1.05. The smallest absolute Gasteiger partial charge is 0.352 e. The van der Waals surface area contributed by atoms with Gasteiger partial charge in [0.05, 0.1) is 6.10 Å². The van der Waals surface area contributed by atoms with Gasteiger partial charge in [-0.05, 0) is 19.4 Å². The van der Waals surface area contributed by atoms with Crippen molar-refractivity contribution in [2.75, 3.05) is 0 Å². The molecule has 1 aliphatic carbocycles. The van der Waals surface area contributed by atoms with Crippen LogP contribution in [0.25, 0.3) is 6.08 Å². The van der Waals surface area contributed by atoms with Gasteiger partial charge >= 0.3 is 5.97 Å². The zero-order valence-corrected chi connectivity index (χ0v) is 10.3. The minimum absolute atomic E-state index is 0.144. The first-order valence-electron chi connectivity index (χ1n) is 5.82. The standard InChI is InChI=1S/C14H15FO3/c1-9(2)18-13(17)14(15)11-6-4-3-5-10(11)7-8-12(14)16/h3-9,12,16H,1-2H3. The Morgan fingerprint density at radius 3 is 2.78 bits per heavy atom. The summed E-state index contributed by atoms with van der Waals surface area (Å²) < 4.78 is 19.8. The molecule has 1 aromatic carbocycles. The summed E-state index contributed by atoms with van der Waals surface area (Å²) in [6, 6.07) is 6.55. The number of alkyl halides is 1. The molecule has 0 aromatic heterocycles. The van der Waals surface area contributed by atoms with Crippen LogP contribution in [-0.4, -0.2) is 23.3 Å². The predicted octanol–water partition coefficient (Wildman–Crippen LogP) is 2.19. The first-order chi connectivity index (χ1) is 8.46. The molecular weight excluding hydrogens is 235 g/mol. The molecule has 0 radical (unpaired) electrons. The molecule has 1 aliphatic rings. The molecule has 0 spiro atoms. The Balaban J connectivity index is 2.47. The van der Waals surface area contributed by atoms with E-state index in [4.69, 9.17) is 4.74 Å². The monoisotopic (exact) mass is 250 g/mol. The van der Waals surface area contributed by atoms with Crippen LogP contribution in [0.15, 0.2) is 30.3 Å². The first-order valence-corrected chi connectivity index (χ1v) is 5.82. The third-order valence-corrected chi connectivity index (χ3v) is 2.86. The Bertz CT molecular complexity index is 496. The van der Waals surface area contributed by atoms with E-state index in [0.717, 1.165) is 0 Å². The number of carbonyl (C=O) groups is 1. The van der Waals surface area contributed by atoms with Gasteiger partial charge in [-0.15, -0.1) is 0 Å². The molecule has 0 amide bonds. The summed E-state index contributed by atoms with van der Waals surface area (Å²) in [4.78, 5) is 11.9. The van der Waals surface area contributed by atoms with Crippen LogP contribution in [0.5, 0.6) is 0 Å². The Hall–Kier alpha value is -1.68. The molecule has 0 saturated carbocycles. The average Bonchev–Trinajstić information content (AvgIpc) is 2.33. The molecule has 18 heavy (non-hydrogen) atoms. The van der Waals surface area contributed by atoms with Crippen LogP contribution < -0.4 is 0 Å². The highest BCUT2D eigenvalue weighted by atomic mass is 19.1. The lowest BCUT2D eigenvalue weighted by Gasteiger charge is -2.31. The highest BCUT2D eigenvalue weighted by Crippen LogP contribution is 2.38. The van der Waals surface area contributed by atoms with Gasteiger partial charge in [0.2, 0.25) is 0 Å². The fourth-order valence-electron chi connectivity index (χ4n) is 1.99. The maximum absolute atomic E-state index is 14.9. The number of halogens is 1. The van der Waals surface area contributed by atoms with Crippen LogP contribution in [0.3, 0.4) is 0 Å². The molecule has 4 heteroatoms. The van der Waals surface area contributed by atoms with E-state index in [0.29, 0.717) is 5.56 Å². The van der Waals surface area contributed by atoms with Crippen molar-refractivity contribution in [1.29, 1.82) is 0 Å². The van der Waals surface area contributed by atoms with Crippen molar-refractivity contribution in [3.8, 4) is 0 Å². The molecule has 0 aliphatic heterocycles. The average molecular weight is 250 g/mol. The normalized spacial score (nSPS) is 25.9. The summed E-state index contributed by atoms with van der Waals surface area (Å²) in [7, 11) is 0. The minimum atomic E-state index is -2.53. The third kappa shape index (κ3) is 1.93. The second kappa shape index (κ2) is 4.53. The number of rotatable bonds is 2. The van der Waals surface area contributed by atoms with Crippen molar-refractivity contribution in [2.24, 2.45) is 0 Å². The highest BCUT2D eigenvalue weighted by Gasteiger charge is 2.51. The second-order valence-corrected chi connectivity index (χ2v) is 4.56. The molecule has 0 saturated heterocycles. The lowest BCUT2D eigenvalue weighted by atomic mass is 9.82. The Labute approximate surface area is 105 Å². The van der Waals surface area contributed by atoms with Crippen molar-refractivity contribution < 1.29 is 19.0 Å². The number of fused-ring (bicyclic) bond motifs is 1. The molecule has 0 heterocycles. The number of aliphatic hydroxyl groups excluding tert-OH is 1. The van der Waals surface area contributed by atoms with E-state index in [1.807, 2.05) is 0 Å². The summed E-state index contributed by atoms with van der Waals surface area (Å²) in [6.45, 7) is 3.27. The topological polar surface area (TPSA) is 46.5 Å². The fraction of sp³-hybridized carbons (Fsp3) is 0.357. The zero-order valence-electron chi connectivity index (χ0n) is 10.3. The van der Waals surface area contributed by atoms with Crippen LogP contribution in [0, 0.1) is 0 Å². The molecule has 2 unspecified atom stereocenters. The van der Waals surface area contributed by atoms with Gasteiger partial charge in [-0.2, -0.15) is 0 Å². The van der Waals surface area contributed by atoms with Crippen molar-refractivity contribution >= 4 is 12.0 Å². The van der Waals surface area contributed by atoms with E-state index in [-0.39, 0.29) is 5.56 Å². The van der Waals surface area contributed by atoms with Gasteiger partial charge in [0.15, 0.2) is 0 Å². The minimum Gasteiger partial charge on any atom is -0.460 e. The Kier molecular flexibility index (Phi) is 3.22. The lowest BCUT2D eigenvalue weighted by Crippen LogP contribution is -2.45. The van der Waals surface area contributed by atoms with Gasteiger partial charge in [0, 0.05) is 5.56 Å². The molecule has 3 nitrogen and oxygen atoms in total.